The third-order valence-electron chi connectivity index (χ3n) is 4.69. The molecule has 0 bridgehead atoms. The van der Waals surface area contributed by atoms with Gasteiger partial charge >= 0.3 is 0 Å². The van der Waals surface area contributed by atoms with Crippen molar-refractivity contribution in [2.45, 2.75) is 6.61 Å². The van der Waals surface area contributed by atoms with E-state index in [0.29, 0.717) is 43.1 Å². The minimum Gasteiger partial charge on any atom is -0.497 e. The van der Waals surface area contributed by atoms with Crippen molar-refractivity contribution < 1.29 is 14.3 Å². The fourth-order valence-electron chi connectivity index (χ4n) is 3.07. The van der Waals surface area contributed by atoms with Crippen LogP contribution in [0, 0.1) is 0 Å². The number of thiocarbonyl (C=S) groups is 1. The zero-order chi connectivity index (χ0) is 22.7. The Balaban J connectivity index is 1.50. The summed E-state index contributed by atoms with van der Waals surface area (Å²) < 4.78 is 11.5. The number of hydrogen-bond acceptors (Lipinski definition) is 5. The van der Waals surface area contributed by atoms with Gasteiger partial charge in [0.15, 0.2) is 4.32 Å². The molecule has 0 unspecified atom stereocenters. The highest BCUT2D eigenvalue weighted by molar-refractivity contribution is 8.27. The van der Waals surface area contributed by atoms with Crippen LogP contribution in [-0.2, 0) is 11.4 Å². The lowest BCUT2D eigenvalue weighted by Crippen LogP contribution is -2.27. The summed E-state index contributed by atoms with van der Waals surface area (Å²) in [6.07, 6.45) is 1.81. The summed E-state index contributed by atoms with van der Waals surface area (Å²) in [5, 5.41) is 1.13. The molecular weight excluding hydrogens is 485 g/mol. The number of carbonyl (C=O) groups excluding carboxylic acids is 1. The molecule has 32 heavy (non-hydrogen) atoms. The van der Waals surface area contributed by atoms with Crippen molar-refractivity contribution in [1.82, 2.24) is 0 Å². The second-order valence-corrected chi connectivity index (χ2v) is 9.33. The molecule has 0 aromatic heterocycles. The van der Waals surface area contributed by atoms with Gasteiger partial charge in [-0.3, -0.25) is 9.69 Å². The van der Waals surface area contributed by atoms with Gasteiger partial charge in [0.2, 0.25) is 0 Å². The monoisotopic (exact) mass is 501 g/mol. The molecule has 1 heterocycles. The minimum absolute atomic E-state index is 0.163. The third kappa shape index (κ3) is 5.10. The molecule has 1 fully saturated rings. The van der Waals surface area contributed by atoms with Gasteiger partial charge in [0.25, 0.3) is 5.91 Å². The smallest absolute Gasteiger partial charge is 0.270 e. The number of nitrogens with zero attached hydrogens (tertiary/aromatic N) is 1. The van der Waals surface area contributed by atoms with Crippen LogP contribution in [0.25, 0.3) is 6.08 Å². The van der Waals surface area contributed by atoms with E-state index in [9.17, 15) is 4.79 Å². The van der Waals surface area contributed by atoms with E-state index in [4.69, 9.17) is 44.9 Å². The maximum atomic E-state index is 13.0. The Bertz CT molecular complexity index is 1210. The van der Waals surface area contributed by atoms with Crippen molar-refractivity contribution in [3.63, 3.8) is 0 Å². The number of ether oxygens (including phenoxy) is 2. The Morgan fingerprint density at radius 3 is 2.53 bits per heavy atom. The van der Waals surface area contributed by atoms with Crippen molar-refractivity contribution in [2.75, 3.05) is 12.0 Å². The Morgan fingerprint density at radius 1 is 1.03 bits per heavy atom. The van der Waals surface area contributed by atoms with Gasteiger partial charge in [-0.25, -0.2) is 0 Å². The summed E-state index contributed by atoms with van der Waals surface area (Å²) in [7, 11) is 1.60. The number of methoxy groups -OCH3 is 1. The molecule has 1 amide bonds. The highest BCUT2D eigenvalue weighted by Crippen LogP contribution is 2.36. The van der Waals surface area contributed by atoms with Crippen molar-refractivity contribution in [3.05, 3.63) is 92.8 Å². The van der Waals surface area contributed by atoms with Crippen LogP contribution in [0.15, 0.2) is 71.6 Å². The quantitative estimate of drug-likeness (QED) is 0.269. The number of carbonyl (C=O) groups is 1. The highest BCUT2D eigenvalue weighted by Gasteiger charge is 2.33. The lowest BCUT2D eigenvalue weighted by atomic mass is 10.2. The molecule has 0 atom stereocenters. The van der Waals surface area contributed by atoms with Crippen LogP contribution >= 0.6 is 47.2 Å². The molecule has 1 aliphatic heterocycles. The Labute approximate surface area is 205 Å². The van der Waals surface area contributed by atoms with E-state index in [1.807, 2.05) is 48.5 Å². The summed E-state index contributed by atoms with van der Waals surface area (Å²) in [6.45, 7) is 0.305. The molecule has 4 nitrogen and oxygen atoms in total. The van der Waals surface area contributed by atoms with Gasteiger partial charge < -0.3 is 9.47 Å². The molecule has 3 aromatic carbocycles. The largest absolute Gasteiger partial charge is 0.497 e. The van der Waals surface area contributed by atoms with Crippen molar-refractivity contribution in [2.24, 2.45) is 0 Å². The number of benzene rings is 3. The molecular formula is C24H17Cl2NO3S2. The molecule has 162 valence electrons. The summed E-state index contributed by atoms with van der Waals surface area (Å²) in [4.78, 5) is 15.1. The van der Waals surface area contributed by atoms with Crippen molar-refractivity contribution in [3.8, 4) is 11.5 Å². The van der Waals surface area contributed by atoms with Crippen LogP contribution in [0.1, 0.15) is 11.1 Å². The SMILES string of the molecule is COc1ccc(N2C(=O)/C(=C/c3cccc(OCc4ccc(Cl)cc4Cl)c3)SC2=S)cc1. The van der Waals surface area contributed by atoms with Crippen LogP contribution in [0.3, 0.4) is 0 Å². The number of thioether (sulfide) groups is 1. The van der Waals surface area contributed by atoms with Crippen molar-refractivity contribution >= 4 is 69.2 Å². The molecule has 0 radical (unpaired) electrons. The normalized spacial score (nSPS) is 14.8. The van der Waals surface area contributed by atoms with E-state index in [-0.39, 0.29) is 5.91 Å². The van der Waals surface area contributed by atoms with E-state index in [1.165, 1.54) is 16.7 Å². The molecule has 0 saturated carbocycles. The first kappa shape index (κ1) is 22.7. The van der Waals surface area contributed by atoms with E-state index in [2.05, 4.69) is 0 Å². The van der Waals surface area contributed by atoms with Gasteiger partial charge in [-0.15, -0.1) is 0 Å². The lowest BCUT2D eigenvalue weighted by molar-refractivity contribution is -0.113. The lowest BCUT2D eigenvalue weighted by Gasteiger charge is -2.14. The van der Waals surface area contributed by atoms with Gasteiger partial charge in [-0.1, -0.05) is 65.4 Å². The number of halogens is 2. The van der Waals surface area contributed by atoms with Gasteiger partial charge in [-0.2, -0.15) is 0 Å². The average molecular weight is 502 g/mol. The highest BCUT2D eigenvalue weighted by atomic mass is 35.5. The third-order valence-corrected chi connectivity index (χ3v) is 6.58. The maximum absolute atomic E-state index is 13.0. The first-order valence-electron chi connectivity index (χ1n) is 9.53. The Hall–Kier alpha value is -2.51. The fraction of sp³-hybridized carbons (Fsp3) is 0.0833. The zero-order valence-electron chi connectivity index (χ0n) is 16.9. The van der Waals surface area contributed by atoms with Crippen LogP contribution in [0.2, 0.25) is 10.0 Å². The van der Waals surface area contributed by atoms with Crippen LogP contribution < -0.4 is 14.4 Å². The van der Waals surface area contributed by atoms with Gasteiger partial charge in [-0.05, 0) is 60.2 Å². The van der Waals surface area contributed by atoms with Crippen LogP contribution in [-0.4, -0.2) is 17.3 Å². The first-order chi connectivity index (χ1) is 15.4. The predicted molar refractivity (Wildman–Crippen MR) is 136 cm³/mol. The summed E-state index contributed by atoms with van der Waals surface area (Å²) in [5.74, 6) is 1.21. The van der Waals surface area contributed by atoms with Crippen LogP contribution in [0.5, 0.6) is 11.5 Å². The zero-order valence-corrected chi connectivity index (χ0v) is 20.0. The maximum Gasteiger partial charge on any atom is 0.270 e. The molecule has 8 heteroatoms. The van der Waals surface area contributed by atoms with E-state index in [0.717, 1.165) is 11.1 Å². The molecule has 3 aromatic rings. The van der Waals surface area contributed by atoms with Crippen molar-refractivity contribution in [1.29, 1.82) is 0 Å². The van der Waals surface area contributed by atoms with Gasteiger partial charge in [0.1, 0.15) is 18.1 Å². The summed E-state index contributed by atoms with van der Waals surface area (Å²) in [5.41, 5.74) is 2.37. The fourth-order valence-corrected chi connectivity index (χ4v) is 4.83. The second kappa shape index (κ2) is 9.96. The summed E-state index contributed by atoms with van der Waals surface area (Å²) in [6, 6.07) is 20.0. The predicted octanol–water partition coefficient (Wildman–Crippen LogP) is 6.99. The Kier molecular flexibility index (Phi) is 7.06. The Morgan fingerprint density at radius 2 is 1.81 bits per heavy atom. The van der Waals surface area contributed by atoms with E-state index >= 15 is 0 Å². The average Bonchev–Trinajstić information content (AvgIpc) is 3.06. The molecule has 4 rings (SSSR count). The molecule has 0 aliphatic carbocycles. The van der Waals surface area contributed by atoms with E-state index < -0.39 is 0 Å². The standard InChI is InChI=1S/C24H17Cl2NO3S2/c1-29-19-9-7-18(8-10-19)27-23(28)22(32-24(27)31)12-15-3-2-4-20(11-15)30-14-16-5-6-17(25)13-21(16)26/h2-13H,14H2,1H3/b22-12-. The van der Waals surface area contributed by atoms with Gasteiger partial charge in [0.05, 0.1) is 17.7 Å². The second-order valence-electron chi connectivity index (χ2n) is 6.81. The molecule has 0 spiro atoms. The van der Waals surface area contributed by atoms with Gasteiger partial charge in [0, 0.05) is 15.6 Å². The number of amides is 1. The molecule has 1 saturated heterocycles. The van der Waals surface area contributed by atoms with Crippen LogP contribution in [0.4, 0.5) is 5.69 Å². The molecule has 1 aliphatic rings. The number of rotatable bonds is 6. The first-order valence-corrected chi connectivity index (χ1v) is 11.5. The molecule has 0 N–H and O–H groups in total. The minimum atomic E-state index is -0.163. The number of hydrogen-bond donors (Lipinski definition) is 0. The van der Waals surface area contributed by atoms with E-state index in [1.54, 1.807) is 31.4 Å². The number of anilines is 1. The topological polar surface area (TPSA) is 38.8 Å². The summed E-state index contributed by atoms with van der Waals surface area (Å²) >= 11 is 18.9.